The van der Waals surface area contributed by atoms with Crippen molar-refractivity contribution in [3.63, 3.8) is 0 Å². The Labute approximate surface area is 180 Å². The molecule has 1 amide bonds. The first-order chi connectivity index (χ1) is 13.9. The van der Waals surface area contributed by atoms with E-state index in [2.05, 4.69) is 9.97 Å². The molecule has 11 heteroatoms. The molecule has 1 aromatic heterocycles. The van der Waals surface area contributed by atoms with Gasteiger partial charge in [0.1, 0.15) is 0 Å². The van der Waals surface area contributed by atoms with Crippen molar-refractivity contribution in [2.24, 2.45) is 5.92 Å². The van der Waals surface area contributed by atoms with Gasteiger partial charge in [-0.3, -0.25) is 4.79 Å². The van der Waals surface area contributed by atoms with E-state index in [0.29, 0.717) is 42.5 Å². The van der Waals surface area contributed by atoms with Crippen LogP contribution < -0.4 is 4.74 Å². The molecule has 0 bridgehead atoms. The van der Waals surface area contributed by atoms with Gasteiger partial charge in [-0.2, -0.15) is 4.98 Å². The average Bonchev–Trinajstić information content (AvgIpc) is 3.21. The van der Waals surface area contributed by atoms with Gasteiger partial charge in [-0.25, -0.2) is 17.7 Å². The van der Waals surface area contributed by atoms with Gasteiger partial charge in [-0.1, -0.05) is 11.8 Å². The first-order valence-corrected chi connectivity index (χ1v) is 13.3. The van der Waals surface area contributed by atoms with Crippen molar-refractivity contribution >= 4 is 45.5 Å². The molecule has 29 heavy (non-hydrogen) atoms. The highest BCUT2D eigenvalue weighted by Gasteiger charge is 2.36. The van der Waals surface area contributed by atoms with Gasteiger partial charge in [0.25, 0.3) is 0 Å². The van der Waals surface area contributed by atoms with Crippen LogP contribution in [0.25, 0.3) is 6.08 Å². The van der Waals surface area contributed by atoms with Crippen molar-refractivity contribution in [2.75, 3.05) is 44.5 Å². The van der Waals surface area contributed by atoms with Crippen LogP contribution in [0.2, 0.25) is 0 Å². The molecular weight excluding hydrogens is 432 g/mol. The summed E-state index contributed by atoms with van der Waals surface area (Å²) in [6.45, 7) is 3.00. The van der Waals surface area contributed by atoms with Crippen molar-refractivity contribution in [1.82, 2.24) is 19.2 Å². The molecule has 3 rings (SSSR count). The maximum Gasteiger partial charge on any atom is 0.231 e. The summed E-state index contributed by atoms with van der Waals surface area (Å²) < 4.78 is 31.3. The number of nitrogens with zero attached hydrogens (tertiary/aromatic N) is 4. The van der Waals surface area contributed by atoms with Crippen molar-refractivity contribution in [2.45, 2.75) is 24.9 Å². The standard InChI is InChI=1S/C18H26N4O4S3/c1-4-29(24,25)21-7-5-6-13(12-21)17(23)22-8-9-28-15(22)10-14-11-19-18(27-3)20-16(14)26-2/h10-11,13H,4-9,12H2,1-3H3/b15-10+. The molecule has 2 saturated heterocycles. The fraction of sp³-hybridized carbons (Fsp3) is 0.611. The highest BCUT2D eigenvalue weighted by Crippen LogP contribution is 2.34. The van der Waals surface area contributed by atoms with Gasteiger partial charge in [-0.05, 0) is 32.1 Å². The molecule has 8 nitrogen and oxygen atoms in total. The summed E-state index contributed by atoms with van der Waals surface area (Å²) in [6.07, 6.45) is 6.88. The highest BCUT2D eigenvalue weighted by molar-refractivity contribution is 8.03. The number of ether oxygens (including phenoxy) is 1. The third kappa shape index (κ3) is 5.07. The van der Waals surface area contributed by atoms with Gasteiger partial charge in [-0.15, -0.1) is 11.8 Å². The van der Waals surface area contributed by atoms with Crippen molar-refractivity contribution < 1.29 is 17.9 Å². The van der Waals surface area contributed by atoms with E-state index >= 15 is 0 Å². The molecule has 2 aliphatic heterocycles. The predicted molar refractivity (Wildman–Crippen MR) is 116 cm³/mol. The first kappa shape index (κ1) is 22.4. The number of sulfonamides is 1. The molecule has 1 atom stereocenters. The zero-order valence-electron chi connectivity index (χ0n) is 16.8. The van der Waals surface area contributed by atoms with E-state index in [1.54, 1.807) is 36.9 Å². The molecule has 0 N–H and O–H groups in total. The number of thioether (sulfide) groups is 2. The third-order valence-electron chi connectivity index (χ3n) is 5.00. The van der Waals surface area contributed by atoms with Gasteiger partial charge < -0.3 is 9.64 Å². The zero-order valence-corrected chi connectivity index (χ0v) is 19.3. The first-order valence-electron chi connectivity index (χ1n) is 9.48. The largest absolute Gasteiger partial charge is 0.480 e. The van der Waals surface area contributed by atoms with E-state index in [1.807, 2.05) is 12.3 Å². The molecule has 2 fully saturated rings. The summed E-state index contributed by atoms with van der Waals surface area (Å²) in [6, 6.07) is 0. The van der Waals surface area contributed by atoms with Gasteiger partial charge in [0.15, 0.2) is 5.16 Å². The van der Waals surface area contributed by atoms with Crippen molar-refractivity contribution in [3.8, 4) is 5.88 Å². The van der Waals surface area contributed by atoms with Gasteiger partial charge in [0, 0.05) is 31.6 Å². The van der Waals surface area contributed by atoms with E-state index in [1.165, 1.54) is 16.1 Å². The lowest BCUT2D eigenvalue weighted by molar-refractivity contribution is -0.133. The SMILES string of the molecule is CCS(=O)(=O)N1CCCC(C(=O)N2CCS/C2=C/c2cnc(SC)nc2OC)C1. The Morgan fingerprint density at radius 3 is 2.93 bits per heavy atom. The summed E-state index contributed by atoms with van der Waals surface area (Å²) in [5, 5.41) is 1.44. The normalized spacial score (nSPS) is 22.2. The Hall–Kier alpha value is -1.30. The van der Waals surface area contributed by atoms with Crippen LogP contribution >= 0.6 is 23.5 Å². The molecular formula is C18H26N4O4S3. The summed E-state index contributed by atoms with van der Waals surface area (Å²) in [4.78, 5) is 23.6. The molecule has 1 aromatic rings. The summed E-state index contributed by atoms with van der Waals surface area (Å²) in [5.41, 5.74) is 0.714. The number of hydrogen-bond acceptors (Lipinski definition) is 8. The van der Waals surface area contributed by atoms with Crippen LogP contribution in [0.3, 0.4) is 0 Å². The molecule has 0 spiro atoms. The molecule has 1 unspecified atom stereocenters. The van der Waals surface area contributed by atoms with Crippen LogP contribution in [0.15, 0.2) is 16.4 Å². The van der Waals surface area contributed by atoms with Crippen molar-refractivity contribution in [1.29, 1.82) is 0 Å². The van der Waals surface area contributed by atoms with Crippen molar-refractivity contribution in [3.05, 3.63) is 16.8 Å². The third-order valence-corrected chi connectivity index (χ3v) is 8.43. The highest BCUT2D eigenvalue weighted by atomic mass is 32.2. The minimum Gasteiger partial charge on any atom is -0.480 e. The number of aromatic nitrogens is 2. The van der Waals surface area contributed by atoms with E-state index in [4.69, 9.17) is 4.74 Å². The molecule has 2 aliphatic rings. The zero-order chi connectivity index (χ0) is 21.0. The van der Waals surface area contributed by atoms with Crippen LogP contribution in [-0.4, -0.2) is 78.0 Å². The average molecular weight is 459 g/mol. The van der Waals surface area contributed by atoms with Crippen LogP contribution in [0.1, 0.15) is 25.3 Å². The minimum absolute atomic E-state index is 0.0159. The van der Waals surface area contributed by atoms with E-state index in [-0.39, 0.29) is 24.1 Å². The Morgan fingerprint density at radius 1 is 1.45 bits per heavy atom. The number of carbonyl (C=O) groups excluding carboxylic acids is 1. The number of methoxy groups -OCH3 is 1. The maximum atomic E-state index is 13.2. The number of hydrogen-bond donors (Lipinski definition) is 0. The number of carbonyl (C=O) groups is 1. The summed E-state index contributed by atoms with van der Waals surface area (Å²) >= 11 is 3.03. The minimum atomic E-state index is -3.28. The molecule has 0 aromatic carbocycles. The second kappa shape index (κ2) is 9.67. The molecule has 0 radical (unpaired) electrons. The Bertz CT molecular complexity index is 891. The van der Waals surface area contributed by atoms with E-state index in [9.17, 15) is 13.2 Å². The fourth-order valence-corrected chi connectivity index (χ4v) is 5.96. The molecule has 0 saturated carbocycles. The fourth-order valence-electron chi connectivity index (χ4n) is 3.42. The summed E-state index contributed by atoms with van der Waals surface area (Å²) in [7, 11) is -1.72. The van der Waals surface area contributed by atoms with Gasteiger partial charge in [0.2, 0.25) is 21.8 Å². The number of rotatable bonds is 6. The van der Waals surface area contributed by atoms with Crippen LogP contribution in [0, 0.1) is 5.92 Å². The van der Waals surface area contributed by atoms with Crippen LogP contribution in [0.4, 0.5) is 0 Å². The lowest BCUT2D eigenvalue weighted by atomic mass is 9.98. The second-order valence-corrected chi connectivity index (χ2v) is 10.9. The second-order valence-electron chi connectivity index (χ2n) is 6.74. The Kier molecular flexibility index (Phi) is 7.47. The Balaban J connectivity index is 1.80. The van der Waals surface area contributed by atoms with Gasteiger partial charge >= 0.3 is 0 Å². The lowest BCUT2D eigenvalue weighted by Gasteiger charge is -2.33. The smallest absolute Gasteiger partial charge is 0.231 e. The predicted octanol–water partition coefficient (Wildman–Crippen LogP) is 2.14. The molecule has 0 aliphatic carbocycles. The monoisotopic (exact) mass is 458 g/mol. The Morgan fingerprint density at radius 2 is 2.24 bits per heavy atom. The van der Waals surface area contributed by atoms with Crippen LogP contribution in [-0.2, 0) is 14.8 Å². The lowest BCUT2D eigenvalue weighted by Crippen LogP contribution is -2.46. The van der Waals surface area contributed by atoms with E-state index < -0.39 is 10.0 Å². The quantitative estimate of drug-likeness (QED) is 0.473. The molecule has 3 heterocycles. The number of amides is 1. The number of piperidine rings is 1. The molecule has 160 valence electrons. The summed E-state index contributed by atoms with van der Waals surface area (Å²) in [5.74, 6) is 0.995. The van der Waals surface area contributed by atoms with Crippen LogP contribution in [0.5, 0.6) is 5.88 Å². The van der Waals surface area contributed by atoms with Gasteiger partial charge in [0.05, 0.1) is 29.4 Å². The topological polar surface area (TPSA) is 92.7 Å². The van der Waals surface area contributed by atoms with E-state index in [0.717, 1.165) is 10.8 Å². The maximum absolute atomic E-state index is 13.2.